The number of aryl methyl sites for hydroxylation is 1. The van der Waals surface area contributed by atoms with E-state index < -0.39 is 11.7 Å². The van der Waals surface area contributed by atoms with Gasteiger partial charge in [0.1, 0.15) is 5.82 Å². The summed E-state index contributed by atoms with van der Waals surface area (Å²) < 4.78 is 8.35. The average molecular weight is 478 g/mol. The van der Waals surface area contributed by atoms with Crippen LogP contribution in [0, 0.1) is 0 Å². The zero-order valence-corrected chi connectivity index (χ0v) is 18.9. The predicted octanol–water partition coefficient (Wildman–Crippen LogP) is 4.52. The van der Waals surface area contributed by atoms with E-state index in [0.717, 1.165) is 34.1 Å². The van der Waals surface area contributed by atoms with Crippen LogP contribution in [0.3, 0.4) is 0 Å². The number of halogens is 1. The van der Waals surface area contributed by atoms with Crippen LogP contribution in [0.25, 0.3) is 28.0 Å². The Morgan fingerprint density at radius 1 is 1.21 bits per heavy atom. The maximum absolute atomic E-state index is 11.8. The second kappa shape index (κ2) is 8.68. The van der Waals surface area contributed by atoms with E-state index in [-0.39, 0.29) is 10.8 Å². The molecule has 0 aliphatic heterocycles. The van der Waals surface area contributed by atoms with Gasteiger partial charge in [0, 0.05) is 30.1 Å². The minimum absolute atomic E-state index is 0.00156. The van der Waals surface area contributed by atoms with Crippen molar-refractivity contribution >= 4 is 28.5 Å². The standard InChI is InChI=1S/C24H20ClN5O4/c1-2-5-19-26-21(25)20(23(31)32)30(19)13-14-8-9-17-15(12-14)10-11-29(17)18-7-4-3-6-16(18)22-27-24(33)34-28-22/h3-4,6-12H,2,5,13H2,1H3,(H,31,32)(H,27,28,33). The first-order valence-corrected chi connectivity index (χ1v) is 11.1. The maximum Gasteiger partial charge on any atom is 0.439 e. The summed E-state index contributed by atoms with van der Waals surface area (Å²) in [7, 11) is 0. The number of nitrogens with one attached hydrogen (secondary N) is 1. The number of imidazole rings is 1. The molecule has 0 saturated heterocycles. The molecule has 0 atom stereocenters. The zero-order valence-electron chi connectivity index (χ0n) is 18.2. The van der Waals surface area contributed by atoms with E-state index in [1.807, 2.05) is 66.2 Å². The lowest BCUT2D eigenvalue weighted by Gasteiger charge is -2.12. The molecule has 0 aliphatic carbocycles. The quantitative estimate of drug-likeness (QED) is 0.355. The SMILES string of the molecule is CCCc1nc(Cl)c(C(=O)O)n1Cc1ccc2c(ccn2-c2ccccc2-c2noc(=O)[nH]2)c1. The number of H-pyrrole nitrogens is 1. The summed E-state index contributed by atoms with van der Waals surface area (Å²) >= 11 is 6.13. The van der Waals surface area contributed by atoms with E-state index in [1.165, 1.54) is 0 Å². The number of nitrogens with zero attached hydrogens (tertiary/aromatic N) is 4. The fourth-order valence-corrected chi connectivity index (χ4v) is 4.45. The van der Waals surface area contributed by atoms with Crippen LogP contribution in [0.5, 0.6) is 0 Å². The smallest absolute Gasteiger partial charge is 0.439 e. The van der Waals surface area contributed by atoms with Gasteiger partial charge in [0.15, 0.2) is 16.7 Å². The molecule has 5 aromatic rings. The minimum atomic E-state index is -1.10. The Morgan fingerprint density at radius 3 is 2.76 bits per heavy atom. The Bertz CT molecular complexity index is 1580. The summed E-state index contributed by atoms with van der Waals surface area (Å²) in [6, 6.07) is 15.5. The molecule has 0 bridgehead atoms. The molecule has 0 spiro atoms. The molecule has 0 radical (unpaired) electrons. The Hall–Kier alpha value is -4.11. The molecule has 0 fully saturated rings. The number of fused-ring (bicyclic) bond motifs is 1. The highest BCUT2D eigenvalue weighted by molar-refractivity contribution is 6.32. The molecule has 3 aromatic heterocycles. The topological polar surface area (TPSA) is 119 Å². The fraction of sp³-hybridized carbons (Fsp3) is 0.167. The third kappa shape index (κ3) is 3.80. The van der Waals surface area contributed by atoms with Crippen LogP contribution in [-0.2, 0) is 13.0 Å². The van der Waals surface area contributed by atoms with Gasteiger partial charge in [-0.1, -0.05) is 41.9 Å². The van der Waals surface area contributed by atoms with Crippen molar-refractivity contribution in [2.45, 2.75) is 26.3 Å². The van der Waals surface area contributed by atoms with Crippen LogP contribution >= 0.6 is 11.6 Å². The Morgan fingerprint density at radius 2 is 2.03 bits per heavy atom. The lowest BCUT2D eigenvalue weighted by Crippen LogP contribution is -2.13. The normalized spacial score (nSPS) is 11.4. The van der Waals surface area contributed by atoms with Crippen molar-refractivity contribution in [2.75, 3.05) is 0 Å². The lowest BCUT2D eigenvalue weighted by atomic mass is 10.1. The Balaban J connectivity index is 1.55. The molecule has 0 unspecified atom stereocenters. The summed E-state index contributed by atoms with van der Waals surface area (Å²) in [5, 5.41) is 14.4. The van der Waals surface area contributed by atoms with E-state index in [2.05, 4.69) is 19.6 Å². The lowest BCUT2D eigenvalue weighted by molar-refractivity contribution is 0.0685. The predicted molar refractivity (Wildman–Crippen MR) is 127 cm³/mol. The molecule has 34 heavy (non-hydrogen) atoms. The molecular weight excluding hydrogens is 458 g/mol. The highest BCUT2D eigenvalue weighted by Crippen LogP contribution is 2.29. The summed E-state index contributed by atoms with van der Waals surface area (Å²) in [6.07, 6.45) is 3.39. The van der Waals surface area contributed by atoms with Crippen LogP contribution in [0.1, 0.15) is 35.2 Å². The number of benzene rings is 2. The number of para-hydroxylation sites is 1. The molecule has 2 aromatic carbocycles. The maximum atomic E-state index is 11.8. The van der Waals surface area contributed by atoms with Crippen LogP contribution in [-0.4, -0.2) is 35.3 Å². The van der Waals surface area contributed by atoms with Gasteiger partial charge in [0.2, 0.25) is 0 Å². The summed E-state index contributed by atoms with van der Waals surface area (Å²) in [4.78, 5) is 30.1. The average Bonchev–Trinajstić information content (AvgIpc) is 3.51. The molecule has 172 valence electrons. The van der Waals surface area contributed by atoms with Gasteiger partial charge < -0.3 is 14.2 Å². The van der Waals surface area contributed by atoms with Gasteiger partial charge in [0.05, 0.1) is 11.2 Å². The van der Waals surface area contributed by atoms with Crippen molar-refractivity contribution in [3.8, 4) is 17.1 Å². The third-order valence-corrected chi connectivity index (χ3v) is 5.90. The van der Waals surface area contributed by atoms with E-state index in [0.29, 0.717) is 24.6 Å². The van der Waals surface area contributed by atoms with Crippen LogP contribution in [0.4, 0.5) is 0 Å². The number of carboxylic acids is 1. The van der Waals surface area contributed by atoms with Crippen LogP contribution < -0.4 is 5.76 Å². The second-order valence-electron chi connectivity index (χ2n) is 7.85. The molecule has 2 N–H and O–H groups in total. The number of aromatic nitrogens is 5. The van der Waals surface area contributed by atoms with Gasteiger partial charge in [0.25, 0.3) is 0 Å². The number of rotatable bonds is 7. The monoisotopic (exact) mass is 477 g/mol. The molecule has 9 nitrogen and oxygen atoms in total. The van der Waals surface area contributed by atoms with Gasteiger partial charge in [-0.15, -0.1) is 0 Å². The molecular formula is C24H20ClN5O4. The minimum Gasteiger partial charge on any atom is -0.476 e. The summed E-state index contributed by atoms with van der Waals surface area (Å²) in [5.74, 6) is -0.719. The Labute approximate surface area is 198 Å². The van der Waals surface area contributed by atoms with Crippen molar-refractivity contribution in [1.29, 1.82) is 0 Å². The summed E-state index contributed by atoms with van der Waals surface area (Å²) in [6.45, 7) is 2.35. The van der Waals surface area contributed by atoms with Gasteiger partial charge >= 0.3 is 11.7 Å². The highest BCUT2D eigenvalue weighted by Gasteiger charge is 2.21. The number of carboxylic acid groups (broad SMARTS) is 1. The third-order valence-electron chi connectivity index (χ3n) is 5.63. The van der Waals surface area contributed by atoms with E-state index in [4.69, 9.17) is 11.6 Å². The fourth-order valence-electron chi connectivity index (χ4n) is 4.17. The largest absolute Gasteiger partial charge is 0.476 e. The number of aromatic amines is 1. The number of hydrogen-bond donors (Lipinski definition) is 2. The molecule has 0 aliphatic rings. The summed E-state index contributed by atoms with van der Waals surface area (Å²) in [5.41, 5.74) is 3.41. The highest BCUT2D eigenvalue weighted by atomic mass is 35.5. The van der Waals surface area contributed by atoms with E-state index in [1.54, 1.807) is 4.57 Å². The van der Waals surface area contributed by atoms with Crippen molar-refractivity contribution in [3.05, 3.63) is 87.5 Å². The van der Waals surface area contributed by atoms with Crippen LogP contribution in [0.15, 0.2) is 64.0 Å². The van der Waals surface area contributed by atoms with Crippen molar-refractivity contribution < 1.29 is 14.4 Å². The van der Waals surface area contributed by atoms with Crippen LogP contribution in [0.2, 0.25) is 5.15 Å². The molecule has 0 amide bonds. The van der Waals surface area contributed by atoms with Crippen molar-refractivity contribution in [1.82, 2.24) is 24.3 Å². The van der Waals surface area contributed by atoms with Crippen molar-refractivity contribution in [3.63, 3.8) is 0 Å². The second-order valence-corrected chi connectivity index (χ2v) is 8.21. The molecule has 5 rings (SSSR count). The van der Waals surface area contributed by atoms with Crippen molar-refractivity contribution in [2.24, 2.45) is 0 Å². The molecule has 3 heterocycles. The Kier molecular flexibility index (Phi) is 5.54. The van der Waals surface area contributed by atoms with Gasteiger partial charge in [-0.3, -0.25) is 9.51 Å². The molecule has 10 heteroatoms. The van der Waals surface area contributed by atoms with Gasteiger partial charge in [-0.25, -0.2) is 14.6 Å². The van der Waals surface area contributed by atoms with E-state index in [9.17, 15) is 14.7 Å². The number of aromatic carboxylic acids is 1. The first-order chi connectivity index (χ1) is 16.5. The number of hydrogen-bond acceptors (Lipinski definition) is 5. The van der Waals surface area contributed by atoms with Gasteiger partial charge in [-0.05, 0) is 42.3 Å². The van der Waals surface area contributed by atoms with E-state index >= 15 is 0 Å². The zero-order chi connectivity index (χ0) is 23.8. The number of carbonyl (C=O) groups is 1. The van der Waals surface area contributed by atoms with Gasteiger partial charge in [-0.2, -0.15) is 0 Å². The first kappa shape index (κ1) is 21.7. The first-order valence-electron chi connectivity index (χ1n) is 10.7. The molecule has 0 saturated carbocycles.